The van der Waals surface area contributed by atoms with Crippen molar-refractivity contribution in [2.45, 2.75) is 52.1 Å². The second-order valence-corrected chi connectivity index (χ2v) is 10.3. The number of rotatable bonds is 2. The Hall–Kier alpha value is -2.87. The van der Waals surface area contributed by atoms with Crippen LogP contribution in [0.15, 0.2) is 36.9 Å². The van der Waals surface area contributed by atoms with Crippen LogP contribution >= 0.6 is 11.3 Å². The summed E-state index contributed by atoms with van der Waals surface area (Å²) >= 11 is 1.70. The number of thiazole rings is 1. The number of carbonyl (C=O) groups is 1. The van der Waals surface area contributed by atoms with Crippen molar-refractivity contribution in [3.05, 3.63) is 48.3 Å². The molecule has 5 heterocycles. The number of piperidine rings is 1. The Labute approximate surface area is 185 Å². The monoisotopic (exact) mass is 437 g/mol. The molecular weight excluding hydrogens is 410 g/mol. The third-order valence-electron chi connectivity index (χ3n) is 5.60. The minimum Gasteiger partial charge on any atom is -0.444 e. The SMILES string of the molecule is Cc1cn2cc(-c3cn4cc(C5CCN(C(=O)OC(C)(C)C)CC5)nc4s3)ccc2n1. The summed E-state index contributed by atoms with van der Waals surface area (Å²) in [6.07, 6.45) is 10.1. The molecule has 31 heavy (non-hydrogen) atoms. The van der Waals surface area contributed by atoms with Gasteiger partial charge in [0, 0.05) is 49.4 Å². The number of hydrogen-bond donors (Lipinski definition) is 0. The van der Waals surface area contributed by atoms with Crippen molar-refractivity contribution >= 4 is 28.0 Å². The zero-order valence-electron chi connectivity index (χ0n) is 18.3. The van der Waals surface area contributed by atoms with Crippen LogP contribution in [0.2, 0.25) is 0 Å². The van der Waals surface area contributed by atoms with E-state index < -0.39 is 5.60 Å². The van der Waals surface area contributed by atoms with Crippen molar-refractivity contribution in [2.75, 3.05) is 13.1 Å². The van der Waals surface area contributed by atoms with E-state index in [0.717, 1.165) is 40.4 Å². The van der Waals surface area contributed by atoms with Crippen molar-refractivity contribution in [3.8, 4) is 10.4 Å². The molecule has 1 fully saturated rings. The van der Waals surface area contributed by atoms with Crippen molar-refractivity contribution in [2.24, 2.45) is 0 Å². The molecule has 0 atom stereocenters. The molecule has 4 aromatic rings. The van der Waals surface area contributed by atoms with E-state index in [4.69, 9.17) is 9.72 Å². The first-order valence-corrected chi connectivity index (χ1v) is 11.5. The smallest absolute Gasteiger partial charge is 0.410 e. The fourth-order valence-corrected chi connectivity index (χ4v) is 5.06. The summed E-state index contributed by atoms with van der Waals surface area (Å²) in [4.78, 5) is 25.7. The molecule has 1 saturated heterocycles. The average molecular weight is 438 g/mol. The fraction of sp³-hybridized carbons (Fsp3) is 0.435. The summed E-state index contributed by atoms with van der Waals surface area (Å²) in [6.45, 7) is 9.13. The quantitative estimate of drug-likeness (QED) is 0.436. The Morgan fingerprint density at radius 1 is 1.06 bits per heavy atom. The highest BCUT2D eigenvalue weighted by molar-refractivity contribution is 7.20. The average Bonchev–Trinajstić information content (AvgIpc) is 3.37. The number of amides is 1. The Balaban J connectivity index is 1.29. The number of ether oxygens (including phenoxy) is 1. The van der Waals surface area contributed by atoms with Gasteiger partial charge in [-0.25, -0.2) is 14.8 Å². The van der Waals surface area contributed by atoms with Gasteiger partial charge >= 0.3 is 6.09 Å². The summed E-state index contributed by atoms with van der Waals surface area (Å²) in [7, 11) is 0. The van der Waals surface area contributed by atoms with Gasteiger partial charge in [-0.15, -0.1) is 0 Å². The van der Waals surface area contributed by atoms with E-state index in [-0.39, 0.29) is 6.09 Å². The summed E-state index contributed by atoms with van der Waals surface area (Å²) in [5.41, 5.74) is 3.79. The maximum atomic E-state index is 12.3. The number of likely N-dealkylation sites (tertiary alicyclic amines) is 1. The lowest BCUT2D eigenvalue weighted by atomic mass is 9.94. The number of nitrogens with zero attached hydrogens (tertiary/aromatic N) is 5. The van der Waals surface area contributed by atoms with E-state index in [1.54, 1.807) is 11.3 Å². The maximum absolute atomic E-state index is 12.3. The van der Waals surface area contributed by atoms with Gasteiger partial charge in [-0.05, 0) is 52.7 Å². The fourth-order valence-electron chi connectivity index (χ4n) is 4.09. The van der Waals surface area contributed by atoms with Crippen LogP contribution in [-0.4, -0.2) is 48.5 Å². The predicted octanol–water partition coefficient (Wildman–Crippen LogP) is 5.13. The second kappa shape index (κ2) is 7.37. The maximum Gasteiger partial charge on any atom is 0.410 e. The number of aryl methyl sites for hydroxylation is 1. The lowest BCUT2D eigenvalue weighted by Crippen LogP contribution is -2.41. The lowest BCUT2D eigenvalue weighted by Gasteiger charge is -2.32. The number of hydrogen-bond acceptors (Lipinski definition) is 5. The number of fused-ring (bicyclic) bond motifs is 2. The van der Waals surface area contributed by atoms with Crippen LogP contribution in [0.3, 0.4) is 0 Å². The lowest BCUT2D eigenvalue weighted by molar-refractivity contribution is 0.0204. The van der Waals surface area contributed by atoms with Crippen molar-refractivity contribution < 1.29 is 9.53 Å². The second-order valence-electron chi connectivity index (χ2n) is 9.26. The Kier molecular flexibility index (Phi) is 4.77. The first-order valence-electron chi connectivity index (χ1n) is 10.7. The Morgan fingerprint density at radius 2 is 1.84 bits per heavy atom. The van der Waals surface area contributed by atoms with Gasteiger partial charge in [-0.1, -0.05) is 11.3 Å². The van der Waals surface area contributed by atoms with Crippen molar-refractivity contribution in [1.29, 1.82) is 0 Å². The topological polar surface area (TPSA) is 64.1 Å². The minimum atomic E-state index is -0.457. The van der Waals surface area contributed by atoms with Gasteiger partial charge in [0.25, 0.3) is 0 Å². The molecule has 0 radical (unpaired) electrons. The Morgan fingerprint density at radius 3 is 2.55 bits per heavy atom. The van der Waals surface area contributed by atoms with Gasteiger partial charge in [0.2, 0.25) is 0 Å². The molecule has 1 aliphatic rings. The molecular formula is C23H27N5O2S. The van der Waals surface area contributed by atoms with Gasteiger partial charge in [-0.3, -0.25) is 4.40 Å². The van der Waals surface area contributed by atoms with E-state index in [9.17, 15) is 4.79 Å². The van der Waals surface area contributed by atoms with E-state index in [0.29, 0.717) is 19.0 Å². The van der Waals surface area contributed by atoms with Gasteiger partial charge in [-0.2, -0.15) is 0 Å². The van der Waals surface area contributed by atoms with Crippen LogP contribution in [0.5, 0.6) is 0 Å². The molecule has 7 nitrogen and oxygen atoms in total. The molecule has 0 bridgehead atoms. The van der Waals surface area contributed by atoms with Gasteiger partial charge in [0.1, 0.15) is 11.2 Å². The van der Waals surface area contributed by atoms with Gasteiger partial charge in [0.15, 0.2) is 4.96 Å². The molecule has 0 aromatic carbocycles. The number of imidazole rings is 2. The van der Waals surface area contributed by atoms with Crippen molar-refractivity contribution in [1.82, 2.24) is 23.7 Å². The minimum absolute atomic E-state index is 0.216. The van der Waals surface area contributed by atoms with Gasteiger partial charge in [0.05, 0.1) is 16.3 Å². The highest BCUT2D eigenvalue weighted by Gasteiger charge is 2.28. The first kappa shape index (κ1) is 20.1. The molecule has 1 amide bonds. The third kappa shape index (κ3) is 4.04. The highest BCUT2D eigenvalue weighted by Crippen LogP contribution is 2.33. The van der Waals surface area contributed by atoms with Crippen LogP contribution < -0.4 is 0 Å². The normalized spacial score (nSPS) is 15.8. The summed E-state index contributed by atoms with van der Waals surface area (Å²) in [6, 6.07) is 4.16. The van der Waals surface area contributed by atoms with Crippen LogP contribution in [0, 0.1) is 6.92 Å². The molecule has 0 aliphatic carbocycles. The number of carbonyl (C=O) groups excluding carboxylic acids is 1. The summed E-state index contributed by atoms with van der Waals surface area (Å²) < 4.78 is 9.69. The molecule has 0 N–H and O–H groups in total. The zero-order valence-corrected chi connectivity index (χ0v) is 19.1. The third-order valence-corrected chi connectivity index (χ3v) is 6.64. The van der Waals surface area contributed by atoms with Crippen LogP contribution in [0.1, 0.15) is 50.9 Å². The van der Waals surface area contributed by atoms with Gasteiger partial charge < -0.3 is 14.0 Å². The largest absolute Gasteiger partial charge is 0.444 e. The van der Waals surface area contributed by atoms with E-state index >= 15 is 0 Å². The molecule has 162 valence electrons. The molecule has 5 rings (SSSR count). The van der Waals surface area contributed by atoms with E-state index in [2.05, 4.69) is 44.5 Å². The molecule has 8 heteroatoms. The highest BCUT2D eigenvalue weighted by atomic mass is 32.1. The van der Waals surface area contributed by atoms with Crippen LogP contribution in [-0.2, 0) is 4.74 Å². The number of pyridine rings is 1. The zero-order chi connectivity index (χ0) is 21.8. The predicted molar refractivity (Wildman–Crippen MR) is 122 cm³/mol. The molecule has 0 saturated carbocycles. The molecule has 1 aliphatic heterocycles. The number of aromatic nitrogens is 4. The summed E-state index contributed by atoms with van der Waals surface area (Å²) in [5.74, 6) is 0.375. The van der Waals surface area contributed by atoms with E-state index in [1.165, 1.54) is 4.88 Å². The molecule has 0 spiro atoms. The van der Waals surface area contributed by atoms with Crippen LogP contribution in [0.4, 0.5) is 4.79 Å². The van der Waals surface area contributed by atoms with E-state index in [1.807, 2.05) is 38.8 Å². The molecule has 0 unspecified atom stereocenters. The summed E-state index contributed by atoms with van der Waals surface area (Å²) in [5, 5.41) is 0. The standard InChI is InChI=1S/C23H27N5O2S/c1-15-11-27-12-17(5-6-20(27)24-15)19-14-28-13-18(25-21(28)31-19)16-7-9-26(10-8-16)22(29)30-23(2,3)4/h5-6,11-14,16H,7-10H2,1-4H3. The first-order chi connectivity index (χ1) is 14.7. The Bertz CT molecular complexity index is 1220. The van der Waals surface area contributed by atoms with Crippen molar-refractivity contribution in [3.63, 3.8) is 0 Å². The molecule has 4 aromatic heterocycles. The van der Waals surface area contributed by atoms with Crippen LogP contribution in [0.25, 0.3) is 21.0 Å².